The number of carboxylic acid groups (broad SMARTS) is 1. The molecule has 1 unspecified atom stereocenters. The van der Waals surface area contributed by atoms with E-state index in [0.29, 0.717) is 24.8 Å². The van der Waals surface area contributed by atoms with Gasteiger partial charge in [-0.3, -0.25) is 9.59 Å². The van der Waals surface area contributed by atoms with Crippen molar-refractivity contribution in [3.05, 3.63) is 65.4 Å². The van der Waals surface area contributed by atoms with E-state index < -0.39 is 5.97 Å². The lowest BCUT2D eigenvalue weighted by Crippen LogP contribution is -2.36. The van der Waals surface area contributed by atoms with E-state index >= 15 is 0 Å². The fourth-order valence-electron chi connectivity index (χ4n) is 4.30. The van der Waals surface area contributed by atoms with Gasteiger partial charge in [-0.15, -0.1) is 0 Å². The van der Waals surface area contributed by atoms with Gasteiger partial charge in [-0.1, -0.05) is 18.2 Å². The lowest BCUT2D eigenvalue weighted by Gasteiger charge is -2.27. The Kier molecular flexibility index (Phi) is 4.81. The third-order valence-corrected chi connectivity index (χ3v) is 5.71. The zero-order chi connectivity index (χ0) is 20.5. The Morgan fingerprint density at radius 3 is 2.69 bits per heavy atom. The number of nitrogens with zero attached hydrogens (tertiary/aromatic N) is 3. The number of para-hydroxylation sites is 1. The van der Waals surface area contributed by atoms with E-state index in [1.807, 2.05) is 41.0 Å². The molecule has 0 bridgehead atoms. The Labute approximate surface area is 168 Å². The van der Waals surface area contributed by atoms with Crippen LogP contribution < -0.4 is 4.90 Å². The van der Waals surface area contributed by atoms with Crippen molar-refractivity contribution < 1.29 is 14.7 Å². The first-order valence-electron chi connectivity index (χ1n) is 9.58. The predicted octanol–water partition coefficient (Wildman–Crippen LogP) is 3.37. The van der Waals surface area contributed by atoms with Gasteiger partial charge in [0.1, 0.15) is 6.54 Å². The number of anilines is 1. The van der Waals surface area contributed by atoms with Gasteiger partial charge in [0.25, 0.3) is 0 Å². The smallest absolute Gasteiger partial charge is 0.323 e. The van der Waals surface area contributed by atoms with Gasteiger partial charge < -0.3 is 14.6 Å². The van der Waals surface area contributed by atoms with Gasteiger partial charge in [0.2, 0.25) is 5.91 Å². The minimum absolute atomic E-state index is 0.0532. The van der Waals surface area contributed by atoms with Gasteiger partial charge >= 0.3 is 5.97 Å². The molecule has 6 heteroatoms. The molecule has 0 saturated heterocycles. The highest BCUT2D eigenvalue weighted by molar-refractivity contribution is 5.96. The molecule has 1 aliphatic rings. The molecule has 1 N–H and O–H groups in total. The van der Waals surface area contributed by atoms with E-state index in [4.69, 9.17) is 0 Å². The summed E-state index contributed by atoms with van der Waals surface area (Å²) in [4.78, 5) is 26.2. The van der Waals surface area contributed by atoms with E-state index in [0.717, 1.165) is 27.8 Å². The molecule has 1 atom stereocenters. The van der Waals surface area contributed by atoms with Crippen molar-refractivity contribution in [2.24, 2.45) is 5.92 Å². The number of rotatable bonds is 4. The first kappa shape index (κ1) is 18.8. The monoisotopic (exact) mass is 387 g/mol. The summed E-state index contributed by atoms with van der Waals surface area (Å²) in [7, 11) is 1.79. The Bertz CT molecular complexity index is 1140. The van der Waals surface area contributed by atoms with Crippen LogP contribution in [0.1, 0.15) is 23.2 Å². The number of benzene rings is 2. The second kappa shape index (κ2) is 7.44. The molecule has 4 rings (SSSR count). The minimum Gasteiger partial charge on any atom is -0.480 e. The number of nitriles is 1. The molecule has 0 fully saturated rings. The van der Waals surface area contributed by atoms with Gasteiger partial charge in [-0.05, 0) is 55.2 Å². The van der Waals surface area contributed by atoms with E-state index in [-0.39, 0.29) is 18.4 Å². The highest BCUT2D eigenvalue weighted by Gasteiger charge is 2.31. The Morgan fingerprint density at radius 2 is 2.00 bits per heavy atom. The second-order valence-electron chi connectivity index (χ2n) is 7.42. The maximum Gasteiger partial charge on any atom is 0.323 e. The van der Waals surface area contributed by atoms with E-state index in [1.165, 1.54) is 0 Å². The zero-order valence-electron chi connectivity index (χ0n) is 16.1. The standard InChI is InChI=1S/C23H21N3O3/c1-25(17-5-3-2-4-6-17)23(29)16-8-10-21-19(12-16)18-11-15(13-24)7-9-20(18)26(21)14-22(27)28/h2-7,9,11,16H,8,10,12,14H2,1H3,(H,27,28). The van der Waals surface area contributed by atoms with Crippen LogP contribution in [0.3, 0.4) is 0 Å². The van der Waals surface area contributed by atoms with Crippen LogP contribution in [0.4, 0.5) is 5.69 Å². The molecular formula is C23H21N3O3. The zero-order valence-corrected chi connectivity index (χ0v) is 16.1. The maximum atomic E-state index is 13.1. The molecule has 0 spiro atoms. The minimum atomic E-state index is -0.906. The molecule has 29 heavy (non-hydrogen) atoms. The van der Waals surface area contributed by atoms with Gasteiger partial charge in [-0.25, -0.2) is 0 Å². The molecule has 0 radical (unpaired) electrons. The van der Waals surface area contributed by atoms with Gasteiger partial charge in [0.15, 0.2) is 0 Å². The van der Waals surface area contributed by atoms with Crippen molar-refractivity contribution in [1.82, 2.24) is 4.57 Å². The third kappa shape index (κ3) is 3.36. The number of amides is 1. The molecule has 1 aliphatic carbocycles. The third-order valence-electron chi connectivity index (χ3n) is 5.71. The number of aromatic nitrogens is 1. The molecule has 1 heterocycles. The largest absolute Gasteiger partial charge is 0.480 e. The van der Waals surface area contributed by atoms with Crippen LogP contribution in [0, 0.1) is 17.2 Å². The summed E-state index contributed by atoms with van der Waals surface area (Å²) in [6.45, 7) is -0.125. The van der Waals surface area contributed by atoms with Crippen molar-refractivity contribution >= 4 is 28.5 Å². The lowest BCUT2D eigenvalue weighted by molar-refractivity contribution is -0.137. The van der Waals surface area contributed by atoms with Crippen LogP contribution in [-0.4, -0.2) is 28.6 Å². The number of carboxylic acids is 1. The summed E-state index contributed by atoms with van der Waals surface area (Å²) >= 11 is 0. The molecule has 146 valence electrons. The average Bonchev–Trinajstić information content (AvgIpc) is 3.05. The Hall–Kier alpha value is -3.59. The highest BCUT2D eigenvalue weighted by atomic mass is 16.4. The maximum absolute atomic E-state index is 13.1. The summed E-state index contributed by atoms with van der Waals surface area (Å²) in [5.74, 6) is -1.03. The fraction of sp³-hybridized carbons (Fsp3) is 0.261. The first-order valence-corrected chi connectivity index (χ1v) is 9.58. The summed E-state index contributed by atoms with van der Waals surface area (Å²) in [6, 6.07) is 17.0. The van der Waals surface area contributed by atoms with Crippen LogP contribution in [-0.2, 0) is 29.0 Å². The van der Waals surface area contributed by atoms with E-state index in [2.05, 4.69) is 6.07 Å². The number of carbonyl (C=O) groups is 2. The number of carbonyl (C=O) groups excluding carboxylic acids is 1. The molecule has 3 aromatic rings. The predicted molar refractivity (Wildman–Crippen MR) is 110 cm³/mol. The molecular weight excluding hydrogens is 366 g/mol. The molecule has 2 aromatic carbocycles. The lowest BCUT2D eigenvalue weighted by atomic mass is 9.85. The topological polar surface area (TPSA) is 86.3 Å². The Balaban J connectivity index is 1.72. The molecule has 0 saturated carbocycles. The second-order valence-corrected chi connectivity index (χ2v) is 7.42. The van der Waals surface area contributed by atoms with Gasteiger partial charge in [0.05, 0.1) is 11.6 Å². The van der Waals surface area contributed by atoms with E-state index in [1.54, 1.807) is 24.1 Å². The SMILES string of the molecule is CN(C(=O)C1CCc2c(c3cc(C#N)ccc3n2CC(=O)O)C1)c1ccccc1. The molecule has 6 nitrogen and oxygen atoms in total. The summed E-state index contributed by atoms with van der Waals surface area (Å²) in [5.41, 5.74) is 4.14. The molecule has 1 amide bonds. The van der Waals surface area contributed by atoms with Crippen LogP contribution in [0.25, 0.3) is 10.9 Å². The van der Waals surface area contributed by atoms with Crippen molar-refractivity contribution in [3.63, 3.8) is 0 Å². The van der Waals surface area contributed by atoms with E-state index in [9.17, 15) is 20.0 Å². The van der Waals surface area contributed by atoms with Crippen molar-refractivity contribution in [1.29, 1.82) is 5.26 Å². The highest BCUT2D eigenvalue weighted by Crippen LogP contribution is 2.36. The van der Waals surface area contributed by atoms with Crippen molar-refractivity contribution in [2.75, 3.05) is 11.9 Å². The summed E-state index contributed by atoms with van der Waals surface area (Å²) in [6.07, 6.45) is 1.85. The number of hydrogen-bond acceptors (Lipinski definition) is 3. The van der Waals surface area contributed by atoms with Crippen LogP contribution in [0.5, 0.6) is 0 Å². The number of aliphatic carboxylic acids is 1. The van der Waals surface area contributed by atoms with Crippen LogP contribution in [0.2, 0.25) is 0 Å². The molecule has 1 aromatic heterocycles. The van der Waals surface area contributed by atoms with Gasteiger partial charge in [0, 0.05) is 35.2 Å². The van der Waals surface area contributed by atoms with Crippen molar-refractivity contribution in [3.8, 4) is 6.07 Å². The first-order chi connectivity index (χ1) is 14.0. The van der Waals surface area contributed by atoms with Crippen LogP contribution >= 0.6 is 0 Å². The Morgan fingerprint density at radius 1 is 1.24 bits per heavy atom. The number of fused-ring (bicyclic) bond motifs is 3. The van der Waals surface area contributed by atoms with Gasteiger partial charge in [-0.2, -0.15) is 5.26 Å². The average molecular weight is 387 g/mol. The van der Waals surface area contributed by atoms with Crippen molar-refractivity contribution in [2.45, 2.75) is 25.8 Å². The number of hydrogen-bond donors (Lipinski definition) is 1. The quantitative estimate of drug-likeness (QED) is 0.744. The van der Waals surface area contributed by atoms with Crippen LogP contribution in [0.15, 0.2) is 48.5 Å². The summed E-state index contributed by atoms with van der Waals surface area (Å²) in [5, 5.41) is 19.5. The molecule has 0 aliphatic heterocycles. The summed E-state index contributed by atoms with van der Waals surface area (Å²) < 4.78 is 1.82. The fourth-order valence-corrected chi connectivity index (χ4v) is 4.30. The normalized spacial score (nSPS) is 15.5.